The van der Waals surface area contributed by atoms with Crippen LogP contribution in [0.25, 0.3) is 0 Å². The maximum absolute atomic E-state index is 13.4. The Morgan fingerprint density at radius 2 is 2.22 bits per heavy atom. The number of aliphatic hydroxyl groups excluding tert-OH is 1. The first-order valence-electron chi connectivity index (χ1n) is 6.39. The second-order valence-corrected chi connectivity index (χ2v) is 4.81. The van der Waals surface area contributed by atoms with Crippen molar-refractivity contribution in [2.45, 2.75) is 37.5 Å². The predicted octanol–water partition coefficient (Wildman–Crippen LogP) is 2.02. The number of ether oxygens (including phenoxy) is 1. The van der Waals surface area contributed by atoms with Gasteiger partial charge in [0.25, 0.3) is 0 Å². The summed E-state index contributed by atoms with van der Waals surface area (Å²) in [6.07, 6.45) is 2.56. The molecule has 1 saturated carbocycles. The van der Waals surface area contributed by atoms with Gasteiger partial charge in [-0.1, -0.05) is 18.2 Å². The predicted molar refractivity (Wildman–Crippen MR) is 67.8 cm³/mol. The number of benzene rings is 1. The van der Waals surface area contributed by atoms with E-state index in [2.05, 4.69) is 5.32 Å². The molecule has 4 heteroatoms. The molecule has 1 aromatic rings. The van der Waals surface area contributed by atoms with Crippen LogP contribution in [0.1, 0.15) is 30.9 Å². The van der Waals surface area contributed by atoms with E-state index < -0.39 is 6.10 Å². The summed E-state index contributed by atoms with van der Waals surface area (Å²) < 4.78 is 18.7. The van der Waals surface area contributed by atoms with E-state index in [-0.39, 0.29) is 5.82 Å². The summed E-state index contributed by atoms with van der Waals surface area (Å²) in [6, 6.07) is 6.71. The molecule has 0 bridgehead atoms. The number of nitrogens with one attached hydrogen (secondary N) is 1. The lowest BCUT2D eigenvalue weighted by molar-refractivity contribution is 0.105. The molecule has 0 saturated heterocycles. The van der Waals surface area contributed by atoms with Gasteiger partial charge in [0.1, 0.15) is 5.82 Å². The zero-order chi connectivity index (χ0) is 13.0. The lowest BCUT2D eigenvalue weighted by Gasteiger charge is -2.17. The minimum absolute atomic E-state index is 0.313. The van der Waals surface area contributed by atoms with Crippen LogP contribution in [0, 0.1) is 5.82 Å². The topological polar surface area (TPSA) is 41.5 Å². The van der Waals surface area contributed by atoms with E-state index in [1.54, 1.807) is 25.3 Å². The standard InChI is InChI=1S/C14H20FNO2/c1-18-11-7-6-10(8-11)16-9-14(17)12-4-2-3-5-13(12)15/h2-5,10-11,14,16-17H,6-9H2,1H3. The minimum Gasteiger partial charge on any atom is -0.387 e. The van der Waals surface area contributed by atoms with Gasteiger partial charge in [-0.15, -0.1) is 0 Å². The normalized spacial score (nSPS) is 25.3. The largest absolute Gasteiger partial charge is 0.387 e. The zero-order valence-electron chi connectivity index (χ0n) is 10.6. The van der Waals surface area contributed by atoms with Crippen molar-refractivity contribution in [2.24, 2.45) is 0 Å². The third-order valence-corrected chi connectivity index (χ3v) is 3.58. The first-order valence-corrected chi connectivity index (χ1v) is 6.39. The molecule has 0 radical (unpaired) electrons. The number of aliphatic hydroxyl groups is 1. The molecular formula is C14H20FNO2. The molecule has 0 spiro atoms. The molecule has 2 N–H and O–H groups in total. The van der Waals surface area contributed by atoms with E-state index in [0.717, 1.165) is 19.3 Å². The van der Waals surface area contributed by atoms with Crippen molar-refractivity contribution in [1.29, 1.82) is 0 Å². The quantitative estimate of drug-likeness (QED) is 0.843. The second-order valence-electron chi connectivity index (χ2n) is 4.81. The van der Waals surface area contributed by atoms with Gasteiger partial charge in [0.15, 0.2) is 0 Å². The molecule has 1 aliphatic carbocycles. The molecule has 1 aliphatic rings. The van der Waals surface area contributed by atoms with Gasteiger partial charge in [0, 0.05) is 25.3 Å². The molecule has 0 aliphatic heterocycles. The molecule has 1 aromatic carbocycles. The van der Waals surface area contributed by atoms with Crippen LogP contribution in [0.4, 0.5) is 4.39 Å². The maximum Gasteiger partial charge on any atom is 0.129 e. The SMILES string of the molecule is COC1CCC(NCC(O)c2ccccc2F)C1. The van der Waals surface area contributed by atoms with Crippen molar-refractivity contribution in [3.8, 4) is 0 Å². The summed E-state index contributed by atoms with van der Waals surface area (Å²) >= 11 is 0. The Morgan fingerprint density at radius 1 is 1.44 bits per heavy atom. The van der Waals surface area contributed by atoms with Crippen molar-refractivity contribution in [1.82, 2.24) is 5.32 Å². The van der Waals surface area contributed by atoms with Gasteiger partial charge in [-0.25, -0.2) is 4.39 Å². The van der Waals surface area contributed by atoms with E-state index in [9.17, 15) is 9.50 Å². The monoisotopic (exact) mass is 253 g/mol. The highest BCUT2D eigenvalue weighted by Gasteiger charge is 2.24. The van der Waals surface area contributed by atoms with Gasteiger partial charge in [0.2, 0.25) is 0 Å². The van der Waals surface area contributed by atoms with Gasteiger partial charge in [-0.2, -0.15) is 0 Å². The van der Waals surface area contributed by atoms with Crippen molar-refractivity contribution >= 4 is 0 Å². The van der Waals surface area contributed by atoms with Crippen LogP contribution in [0.5, 0.6) is 0 Å². The van der Waals surface area contributed by atoms with E-state index >= 15 is 0 Å². The number of methoxy groups -OCH3 is 1. The molecule has 3 unspecified atom stereocenters. The van der Waals surface area contributed by atoms with E-state index in [0.29, 0.717) is 24.3 Å². The Balaban J connectivity index is 1.82. The summed E-state index contributed by atoms with van der Waals surface area (Å²) in [5.41, 5.74) is 0.353. The third kappa shape index (κ3) is 3.28. The number of halogens is 1. The minimum atomic E-state index is -0.798. The fourth-order valence-electron chi connectivity index (χ4n) is 2.47. The molecule has 18 heavy (non-hydrogen) atoms. The van der Waals surface area contributed by atoms with Crippen molar-refractivity contribution in [3.63, 3.8) is 0 Å². The molecule has 3 atom stereocenters. The first-order chi connectivity index (χ1) is 8.70. The average molecular weight is 253 g/mol. The highest BCUT2D eigenvalue weighted by molar-refractivity contribution is 5.20. The van der Waals surface area contributed by atoms with Crippen LogP contribution in [-0.4, -0.2) is 30.9 Å². The summed E-state index contributed by atoms with van der Waals surface area (Å²) in [5.74, 6) is -0.354. The fraction of sp³-hybridized carbons (Fsp3) is 0.571. The Bertz CT molecular complexity index is 386. The number of rotatable bonds is 5. The Kier molecular flexibility index (Phi) is 4.69. The van der Waals surface area contributed by atoms with E-state index in [1.807, 2.05) is 0 Å². The molecule has 1 fully saturated rings. The van der Waals surface area contributed by atoms with Gasteiger partial charge in [-0.05, 0) is 25.3 Å². The molecule has 3 nitrogen and oxygen atoms in total. The first kappa shape index (κ1) is 13.5. The van der Waals surface area contributed by atoms with E-state index in [4.69, 9.17) is 4.74 Å². The highest BCUT2D eigenvalue weighted by atomic mass is 19.1. The molecule has 100 valence electrons. The van der Waals surface area contributed by atoms with Crippen LogP contribution in [0.15, 0.2) is 24.3 Å². The van der Waals surface area contributed by atoms with Crippen LogP contribution in [0.2, 0.25) is 0 Å². The van der Waals surface area contributed by atoms with Crippen LogP contribution in [0.3, 0.4) is 0 Å². The summed E-state index contributed by atoms with van der Waals surface area (Å²) in [6.45, 7) is 0.377. The van der Waals surface area contributed by atoms with Crippen LogP contribution in [-0.2, 0) is 4.74 Å². The van der Waals surface area contributed by atoms with Crippen LogP contribution >= 0.6 is 0 Å². The molecule has 0 heterocycles. The second kappa shape index (κ2) is 6.27. The number of hydrogen-bond donors (Lipinski definition) is 2. The molecule has 0 aromatic heterocycles. The molecular weight excluding hydrogens is 233 g/mol. The van der Waals surface area contributed by atoms with Gasteiger partial charge >= 0.3 is 0 Å². The van der Waals surface area contributed by atoms with Gasteiger partial charge in [-0.3, -0.25) is 0 Å². The van der Waals surface area contributed by atoms with Crippen molar-refractivity contribution in [3.05, 3.63) is 35.6 Å². The fourth-order valence-corrected chi connectivity index (χ4v) is 2.47. The van der Waals surface area contributed by atoms with Gasteiger partial charge in [0.05, 0.1) is 12.2 Å². The zero-order valence-corrected chi connectivity index (χ0v) is 10.6. The van der Waals surface area contributed by atoms with Gasteiger partial charge < -0.3 is 15.2 Å². The smallest absolute Gasteiger partial charge is 0.129 e. The van der Waals surface area contributed by atoms with Crippen molar-refractivity contribution in [2.75, 3.05) is 13.7 Å². The summed E-state index contributed by atoms with van der Waals surface area (Å²) in [4.78, 5) is 0. The lowest BCUT2D eigenvalue weighted by Crippen LogP contribution is -2.31. The molecule has 0 amide bonds. The molecule has 2 rings (SSSR count). The summed E-state index contributed by atoms with van der Waals surface area (Å²) in [5, 5.41) is 13.2. The number of hydrogen-bond acceptors (Lipinski definition) is 3. The van der Waals surface area contributed by atoms with Crippen LogP contribution < -0.4 is 5.32 Å². The Morgan fingerprint density at radius 3 is 2.89 bits per heavy atom. The van der Waals surface area contributed by atoms with E-state index in [1.165, 1.54) is 6.07 Å². The van der Waals surface area contributed by atoms with Crippen molar-refractivity contribution < 1.29 is 14.2 Å². The third-order valence-electron chi connectivity index (χ3n) is 3.58. The average Bonchev–Trinajstić information content (AvgIpc) is 2.84. The summed E-state index contributed by atoms with van der Waals surface area (Å²) in [7, 11) is 1.72. The lowest BCUT2D eigenvalue weighted by atomic mass is 10.1. The Labute approximate surface area is 107 Å². The Hall–Kier alpha value is -0.970. The highest BCUT2D eigenvalue weighted by Crippen LogP contribution is 2.22. The maximum atomic E-state index is 13.4.